The minimum Gasteiger partial charge on any atom is -0.357 e. The van der Waals surface area contributed by atoms with E-state index in [9.17, 15) is 0 Å². The first kappa shape index (κ1) is 26.5. The van der Waals surface area contributed by atoms with Crippen LogP contribution >= 0.6 is 11.9 Å². The van der Waals surface area contributed by atoms with Crippen LogP contribution in [-0.2, 0) is 0 Å². The molecule has 1 aromatic rings. The van der Waals surface area contributed by atoms with Crippen molar-refractivity contribution in [2.24, 2.45) is 46.3 Å². The first-order chi connectivity index (χ1) is 18.0. The second-order valence-electron chi connectivity index (χ2n) is 14.1. The Hall–Kier alpha value is -0.740. The third-order valence-electron chi connectivity index (χ3n) is 12.7. The molecule has 2 heterocycles. The monoisotopic (exact) mass is 523 g/mol. The van der Waals surface area contributed by atoms with Gasteiger partial charge in [0.1, 0.15) is 5.82 Å². The van der Waals surface area contributed by atoms with Crippen LogP contribution in [0.4, 0.5) is 5.82 Å². The van der Waals surface area contributed by atoms with Gasteiger partial charge in [-0.2, -0.15) is 0 Å². The van der Waals surface area contributed by atoms with Crippen LogP contribution in [0.1, 0.15) is 111 Å². The lowest BCUT2D eigenvalue weighted by atomic mass is 9.42. The molecule has 1 aromatic heterocycles. The molecular weight excluding hydrogens is 470 g/mol. The summed E-state index contributed by atoms with van der Waals surface area (Å²) >= 11 is 1.79. The number of piperidine rings is 1. The number of nitrogens with one attached hydrogen (secondary N) is 1. The van der Waals surface area contributed by atoms with Gasteiger partial charge in [-0.3, -0.25) is 4.72 Å². The predicted octanol–water partition coefficient (Wildman–Crippen LogP) is 8.74. The molecule has 5 aliphatic rings. The SMILES string of the molecule is CC[C@H]1CC2C3CCC(CCNSc4ccc(N5CCCCC5)nc4)C3(C)CC[C@@H]2C2(C)CCCCC12. The van der Waals surface area contributed by atoms with Gasteiger partial charge in [-0.25, -0.2) is 4.98 Å². The maximum absolute atomic E-state index is 4.77. The molecule has 0 aromatic carbocycles. The molecule has 4 saturated carbocycles. The highest BCUT2D eigenvalue weighted by Crippen LogP contribution is 2.69. The maximum Gasteiger partial charge on any atom is 0.128 e. The number of fused-ring (bicyclic) bond motifs is 5. The van der Waals surface area contributed by atoms with Crippen LogP contribution in [0.3, 0.4) is 0 Å². The summed E-state index contributed by atoms with van der Waals surface area (Å²) in [5, 5.41) is 0. The molecule has 8 atom stereocenters. The Morgan fingerprint density at radius 3 is 2.54 bits per heavy atom. The molecule has 0 radical (unpaired) electrons. The van der Waals surface area contributed by atoms with E-state index in [0.29, 0.717) is 10.8 Å². The Bertz CT molecular complexity index is 897. The number of rotatable bonds is 7. The molecule has 1 aliphatic heterocycles. The van der Waals surface area contributed by atoms with Crippen LogP contribution < -0.4 is 9.62 Å². The Labute approximate surface area is 231 Å². The van der Waals surface area contributed by atoms with E-state index >= 15 is 0 Å². The van der Waals surface area contributed by atoms with Gasteiger partial charge in [-0.15, -0.1) is 0 Å². The highest BCUT2D eigenvalue weighted by molar-refractivity contribution is 7.97. The molecule has 4 aliphatic carbocycles. The Morgan fingerprint density at radius 1 is 0.919 bits per heavy atom. The molecule has 0 amide bonds. The lowest BCUT2D eigenvalue weighted by Crippen LogP contribution is -2.55. The Kier molecular flexibility index (Phi) is 7.89. The van der Waals surface area contributed by atoms with Crippen molar-refractivity contribution in [2.75, 3.05) is 24.5 Å². The van der Waals surface area contributed by atoms with Crippen molar-refractivity contribution in [3.05, 3.63) is 18.3 Å². The summed E-state index contributed by atoms with van der Waals surface area (Å²) in [5.41, 5.74) is 1.23. The van der Waals surface area contributed by atoms with Crippen molar-refractivity contribution in [1.29, 1.82) is 0 Å². The smallest absolute Gasteiger partial charge is 0.128 e. The van der Waals surface area contributed by atoms with Crippen LogP contribution in [0.2, 0.25) is 0 Å². The fraction of sp³-hybridized carbons (Fsp3) is 0.848. The van der Waals surface area contributed by atoms with Crippen LogP contribution in [0.25, 0.3) is 0 Å². The van der Waals surface area contributed by atoms with E-state index in [1.54, 1.807) is 18.4 Å². The fourth-order valence-electron chi connectivity index (χ4n) is 10.7. The first-order valence-electron chi connectivity index (χ1n) is 16.1. The summed E-state index contributed by atoms with van der Waals surface area (Å²) in [6, 6.07) is 4.48. The number of nitrogens with zero attached hydrogens (tertiary/aromatic N) is 2. The zero-order valence-corrected chi connectivity index (χ0v) is 24.8. The third-order valence-corrected chi connectivity index (χ3v) is 13.5. The van der Waals surface area contributed by atoms with Gasteiger partial charge < -0.3 is 4.90 Å². The average molecular weight is 524 g/mol. The number of aromatic nitrogens is 1. The Balaban J connectivity index is 1.04. The van der Waals surface area contributed by atoms with Gasteiger partial charge in [-0.1, -0.05) is 40.0 Å². The van der Waals surface area contributed by atoms with E-state index in [2.05, 4.69) is 48.7 Å². The van der Waals surface area contributed by atoms with E-state index in [-0.39, 0.29) is 0 Å². The second kappa shape index (κ2) is 11.0. The average Bonchev–Trinajstić information content (AvgIpc) is 3.27. The summed E-state index contributed by atoms with van der Waals surface area (Å²) < 4.78 is 3.72. The predicted molar refractivity (Wildman–Crippen MR) is 158 cm³/mol. The van der Waals surface area contributed by atoms with Gasteiger partial charge in [0.15, 0.2) is 0 Å². The summed E-state index contributed by atoms with van der Waals surface area (Å²) in [7, 11) is 0. The molecule has 5 fully saturated rings. The third kappa shape index (κ3) is 4.90. The summed E-state index contributed by atoms with van der Waals surface area (Å²) in [6.45, 7) is 11.4. The molecule has 3 nitrogen and oxygen atoms in total. The van der Waals surface area contributed by atoms with E-state index in [4.69, 9.17) is 4.98 Å². The molecule has 1 N–H and O–H groups in total. The summed E-state index contributed by atoms with van der Waals surface area (Å²) in [4.78, 5) is 8.47. The first-order valence-corrected chi connectivity index (χ1v) is 17.0. The van der Waals surface area contributed by atoms with Gasteiger partial charge in [0.2, 0.25) is 0 Å². The van der Waals surface area contributed by atoms with Gasteiger partial charge in [0.05, 0.1) is 0 Å². The van der Waals surface area contributed by atoms with Crippen molar-refractivity contribution in [3.8, 4) is 0 Å². The van der Waals surface area contributed by atoms with E-state index in [1.165, 1.54) is 101 Å². The quantitative estimate of drug-likeness (QED) is 0.286. The molecule has 37 heavy (non-hydrogen) atoms. The van der Waals surface area contributed by atoms with E-state index in [0.717, 1.165) is 47.9 Å². The van der Waals surface area contributed by atoms with Crippen molar-refractivity contribution < 1.29 is 0 Å². The molecule has 6 unspecified atom stereocenters. The number of hydrogen-bond donors (Lipinski definition) is 1. The fourth-order valence-corrected chi connectivity index (χ4v) is 11.3. The topological polar surface area (TPSA) is 28.2 Å². The molecule has 4 heteroatoms. The van der Waals surface area contributed by atoms with Crippen molar-refractivity contribution >= 4 is 17.8 Å². The number of anilines is 1. The van der Waals surface area contributed by atoms with Crippen molar-refractivity contribution in [1.82, 2.24) is 9.71 Å². The Morgan fingerprint density at radius 2 is 1.76 bits per heavy atom. The van der Waals surface area contributed by atoms with Gasteiger partial charge in [0, 0.05) is 30.7 Å². The van der Waals surface area contributed by atoms with E-state index in [1.807, 2.05) is 0 Å². The van der Waals surface area contributed by atoms with Crippen molar-refractivity contribution in [3.63, 3.8) is 0 Å². The molecule has 6 rings (SSSR count). The zero-order chi connectivity index (χ0) is 25.5. The zero-order valence-electron chi connectivity index (χ0n) is 24.0. The highest BCUT2D eigenvalue weighted by atomic mass is 32.2. The maximum atomic E-state index is 4.77. The molecule has 206 valence electrons. The lowest BCUT2D eigenvalue weighted by Gasteiger charge is -2.62. The standard InChI is InChI=1S/C33H53N3S/c1-4-24-22-27-29-13-11-25(32(29,2)18-15-30(27)33(3)17-7-6-10-28(24)33)16-19-35-37-26-12-14-31(34-23-26)36-20-8-5-9-21-36/h12,14,23-25,27-30,35H,4-11,13,15-22H2,1-3H3/t24-,25?,27?,28?,29?,30-,32?,33?/m0/s1. The highest BCUT2D eigenvalue weighted by Gasteiger charge is 2.60. The molecular formula is C33H53N3S. The van der Waals surface area contributed by atoms with Crippen LogP contribution in [-0.4, -0.2) is 24.6 Å². The van der Waals surface area contributed by atoms with E-state index < -0.39 is 0 Å². The van der Waals surface area contributed by atoms with Gasteiger partial charge in [0.25, 0.3) is 0 Å². The van der Waals surface area contributed by atoms with Crippen molar-refractivity contribution in [2.45, 2.75) is 116 Å². The minimum absolute atomic E-state index is 0.585. The number of pyridine rings is 1. The van der Waals surface area contributed by atoms with Crippen LogP contribution in [0, 0.1) is 46.3 Å². The molecule has 0 spiro atoms. The normalized spacial score (nSPS) is 41.6. The second-order valence-corrected chi connectivity index (χ2v) is 15.1. The van der Waals surface area contributed by atoms with Crippen LogP contribution in [0.5, 0.6) is 0 Å². The molecule has 0 bridgehead atoms. The van der Waals surface area contributed by atoms with Gasteiger partial charge in [-0.05, 0) is 141 Å². The summed E-state index contributed by atoms with van der Waals surface area (Å²) in [6.07, 6.45) is 22.4. The lowest BCUT2D eigenvalue weighted by molar-refractivity contribution is -0.135. The largest absolute Gasteiger partial charge is 0.357 e. The number of hydrogen-bond acceptors (Lipinski definition) is 4. The van der Waals surface area contributed by atoms with Gasteiger partial charge >= 0.3 is 0 Å². The summed E-state index contributed by atoms with van der Waals surface area (Å²) in [5.74, 6) is 7.12. The van der Waals surface area contributed by atoms with Crippen LogP contribution in [0.15, 0.2) is 23.2 Å². The minimum atomic E-state index is 0.585. The molecule has 1 saturated heterocycles.